The van der Waals surface area contributed by atoms with Crippen molar-refractivity contribution in [3.63, 3.8) is 0 Å². The minimum atomic E-state index is -0.803. The Balaban J connectivity index is 2.02. The molecule has 0 radical (unpaired) electrons. The van der Waals surface area contributed by atoms with Gasteiger partial charge in [-0.15, -0.1) is 0 Å². The van der Waals surface area contributed by atoms with Crippen LogP contribution in [0.15, 0.2) is 24.3 Å². The van der Waals surface area contributed by atoms with E-state index in [-0.39, 0.29) is 29.7 Å². The second-order valence-electron chi connectivity index (χ2n) is 5.50. The lowest BCUT2D eigenvalue weighted by molar-refractivity contribution is -0.384. The topological polar surface area (TPSA) is 97.5 Å². The highest BCUT2D eigenvalue weighted by Gasteiger charge is 2.28. The van der Waals surface area contributed by atoms with Crippen LogP contribution in [0.3, 0.4) is 0 Å². The lowest BCUT2D eigenvalue weighted by Gasteiger charge is -2.26. The summed E-state index contributed by atoms with van der Waals surface area (Å²) >= 11 is 0. The molecule has 2 atom stereocenters. The molecule has 0 heterocycles. The van der Waals surface area contributed by atoms with Crippen LogP contribution in [0, 0.1) is 22.0 Å². The van der Waals surface area contributed by atoms with E-state index in [0.29, 0.717) is 18.4 Å². The van der Waals surface area contributed by atoms with E-state index in [2.05, 4.69) is 0 Å². The van der Waals surface area contributed by atoms with Gasteiger partial charge in [0.1, 0.15) is 0 Å². The average molecular weight is 291 g/mol. The minimum absolute atomic E-state index is 0.0478. The minimum Gasteiger partial charge on any atom is -0.481 e. The first kappa shape index (κ1) is 15.2. The van der Waals surface area contributed by atoms with E-state index in [1.165, 1.54) is 18.2 Å². The van der Waals surface area contributed by atoms with Crippen molar-refractivity contribution in [2.24, 2.45) is 11.8 Å². The molecule has 6 heteroatoms. The number of rotatable bonds is 5. The van der Waals surface area contributed by atoms with Gasteiger partial charge in [-0.3, -0.25) is 19.7 Å². The van der Waals surface area contributed by atoms with Crippen LogP contribution in [0.1, 0.15) is 42.5 Å². The Hall–Kier alpha value is -2.24. The fourth-order valence-electron chi connectivity index (χ4n) is 2.87. The first-order valence-corrected chi connectivity index (χ1v) is 6.98. The maximum absolute atomic E-state index is 12.2. The Labute approximate surface area is 121 Å². The maximum atomic E-state index is 12.2. The Bertz CT molecular complexity index is 569. The number of carboxylic acid groups (broad SMARTS) is 1. The number of hydrogen-bond donors (Lipinski definition) is 1. The third kappa shape index (κ3) is 3.87. The number of benzene rings is 1. The van der Waals surface area contributed by atoms with Crippen LogP contribution in [0.4, 0.5) is 5.69 Å². The molecule has 21 heavy (non-hydrogen) atoms. The fraction of sp³-hybridized carbons (Fsp3) is 0.467. The van der Waals surface area contributed by atoms with Crippen molar-refractivity contribution in [3.05, 3.63) is 39.9 Å². The SMILES string of the molecule is O=C(C[C@H]1CCC[C@@H](C(=O)O)C1)c1cccc([N+](=O)[O-])c1. The van der Waals surface area contributed by atoms with E-state index < -0.39 is 10.9 Å². The quantitative estimate of drug-likeness (QED) is 0.510. The zero-order valence-corrected chi connectivity index (χ0v) is 11.5. The van der Waals surface area contributed by atoms with E-state index in [1.54, 1.807) is 6.07 Å². The number of carboxylic acids is 1. The first-order valence-electron chi connectivity index (χ1n) is 6.98. The summed E-state index contributed by atoms with van der Waals surface area (Å²) in [5.41, 5.74) is 0.217. The lowest BCUT2D eigenvalue weighted by Crippen LogP contribution is -2.24. The Morgan fingerprint density at radius 2 is 2.10 bits per heavy atom. The molecule has 1 saturated carbocycles. The molecule has 1 aliphatic rings. The molecule has 0 unspecified atom stereocenters. The molecule has 0 saturated heterocycles. The molecule has 1 aromatic rings. The van der Waals surface area contributed by atoms with Gasteiger partial charge >= 0.3 is 5.97 Å². The van der Waals surface area contributed by atoms with E-state index in [4.69, 9.17) is 5.11 Å². The summed E-state index contributed by atoms with van der Waals surface area (Å²) < 4.78 is 0. The van der Waals surface area contributed by atoms with Crippen molar-refractivity contribution >= 4 is 17.4 Å². The number of nitro groups is 1. The number of carbonyl (C=O) groups excluding carboxylic acids is 1. The number of ketones is 1. The van der Waals surface area contributed by atoms with Gasteiger partial charge in [0, 0.05) is 24.1 Å². The van der Waals surface area contributed by atoms with Gasteiger partial charge in [0.2, 0.25) is 0 Å². The van der Waals surface area contributed by atoms with Gasteiger partial charge in [-0.1, -0.05) is 18.6 Å². The Kier molecular flexibility index (Phi) is 4.67. The van der Waals surface area contributed by atoms with Gasteiger partial charge < -0.3 is 5.11 Å². The summed E-state index contributed by atoms with van der Waals surface area (Å²) in [6.07, 6.45) is 3.08. The number of non-ortho nitro benzene ring substituents is 1. The van der Waals surface area contributed by atoms with Crippen LogP contribution >= 0.6 is 0 Å². The predicted octanol–water partition coefficient (Wildman–Crippen LogP) is 3.06. The molecule has 2 rings (SSSR count). The molecule has 112 valence electrons. The van der Waals surface area contributed by atoms with Crippen LogP contribution < -0.4 is 0 Å². The zero-order valence-electron chi connectivity index (χ0n) is 11.5. The fourth-order valence-corrected chi connectivity index (χ4v) is 2.87. The molecule has 1 N–H and O–H groups in total. The van der Waals surface area contributed by atoms with Crippen molar-refractivity contribution in [1.29, 1.82) is 0 Å². The van der Waals surface area contributed by atoms with Gasteiger partial charge in [-0.05, 0) is 25.2 Å². The predicted molar refractivity (Wildman–Crippen MR) is 75.1 cm³/mol. The van der Waals surface area contributed by atoms with Gasteiger partial charge in [0.05, 0.1) is 10.8 Å². The maximum Gasteiger partial charge on any atom is 0.306 e. The lowest BCUT2D eigenvalue weighted by atomic mass is 9.78. The van der Waals surface area contributed by atoms with Gasteiger partial charge in [0.25, 0.3) is 5.69 Å². The highest BCUT2D eigenvalue weighted by molar-refractivity contribution is 5.96. The van der Waals surface area contributed by atoms with Crippen LogP contribution in [-0.2, 0) is 4.79 Å². The summed E-state index contributed by atoms with van der Waals surface area (Å²) in [7, 11) is 0. The van der Waals surface area contributed by atoms with Crippen molar-refractivity contribution in [3.8, 4) is 0 Å². The summed E-state index contributed by atoms with van der Waals surface area (Å²) in [6.45, 7) is 0. The number of nitro benzene ring substituents is 1. The van der Waals surface area contributed by atoms with Crippen LogP contribution in [0.25, 0.3) is 0 Å². The number of Topliss-reactive ketones (excluding diaryl/α,β-unsaturated/α-hetero) is 1. The van der Waals surface area contributed by atoms with E-state index in [9.17, 15) is 19.7 Å². The Morgan fingerprint density at radius 3 is 2.76 bits per heavy atom. The molecule has 6 nitrogen and oxygen atoms in total. The van der Waals surface area contributed by atoms with Crippen LogP contribution in [-0.4, -0.2) is 21.8 Å². The third-order valence-electron chi connectivity index (χ3n) is 3.99. The van der Waals surface area contributed by atoms with E-state index >= 15 is 0 Å². The van der Waals surface area contributed by atoms with Crippen LogP contribution in [0.5, 0.6) is 0 Å². The van der Waals surface area contributed by atoms with Crippen molar-refractivity contribution in [1.82, 2.24) is 0 Å². The monoisotopic (exact) mass is 291 g/mol. The largest absolute Gasteiger partial charge is 0.481 e. The van der Waals surface area contributed by atoms with Gasteiger partial charge in [-0.25, -0.2) is 0 Å². The second-order valence-corrected chi connectivity index (χ2v) is 5.50. The zero-order chi connectivity index (χ0) is 15.4. The summed E-state index contributed by atoms with van der Waals surface area (Å²) in [5, 5.41) is 19.8. The molecular weight excluding hydrogens is 274 g/mol. The van der Waals surface area contributed by atoms with E-state index in [1.807, 2.05) is 0 Å². The van der Waals surface area contributed by atoms with Gasteiger partial charge in [0.15, 0.2) is 5.78 Å². The van der Waals surface area contributed by atoms with E-state index in [0.717, 1.165) is 12.8 Å². The molecule has 0 aromatic heterocycles. The number of carbonyl (C=O) groups is 2. The van der Waals surface area contributed by atoms with Crippen LogP contribution in [0.2, 0.25) is 0 Å². The highest BCUT2D eigenvalue weighted by Crippen LogP contribution is 2.32. The standard InChI is InChI=1S/C15H17NO5/c17-14(11-4-2-6-13(9-11)16(20)21)8-10-3-1-5-12(7-10)15(18)19/h2,4,6,9-10,12H,1,3,5,7-8H2,(H,18,19)/t10-,12+/m0/s1. The van der Waals surface area contributed by atoms with Crippen molar-refractivity contribution in [2.45, 2.75) is 32.1 Å². The molecule has 0 bridgehead atoms. The summed E-state index contributed by atoms with van der Waals surface area (Å²) in [4.78, 5) is 33.4. The summed E-state index contributed by atoms with van der Waals surface area (Å²) in [5.74, 6) is -1.29. The molecule has 1 aliphatic carbocycles. The molecule has 1 aromatic carbocycles. The van der Waals surface area contributed by atoms with Crippen molar-refractivity contribution in [2.75, 3.05) is 0 Å². The molecule has 1 fully saturated rings. The molecule has 0 amide bonds. The van der Waals surface area contributed by atoms with Gasteiger partial charge in [-0.2, -0.15) is 0 Å². The highest BCUT2D eigenvalue weighted by atomic mass is 16.6. The second kappa shape index (κ2) is 6.47. The molecular formula is C15H17NO5. The Morgan fingerprint density at radius 1 is 1.33 bits per heavy atom. The molecule has 0 spiro atoms. The molecule has 0 aliphatic heterocycles. The number of hydrogen-bond acceptors (Lipinski definition) is 4. The van der Waals surface area contributed by atoms with Crippen molar-refractivity contribution < 1.29 is 19.6 Å². The number of nitrogens with zero attached hydrogens (tertiary/aromatic N) is 1. The first-order chi connectivity index (χ1) is 9.97. The summed E-state index contributed by atoms with van der Waals surface area (Å²) in [6, 6.07) is 5.68. The normalized spacial score (nSPS) is 21.7. The number of aliphatic carboxylic acids is 1. The average Bonchev–Trinajstić information content (AvgIpc) is 2.47. The third-order valence-corrected chi connectivity index (χ3v) is 3.99. The smallest absolute Gasteiger partial charge is 0.306 e.